The summed E-state index contributed by atoms with van der Waals surface area (Å²) in [6, 6.07) is 9.41. The molecule has 1 rings (SSSR count). The van der Waals surface area contributed by atoms with Crippen LogP contribution in [-0.2, 0) is 9.59 Å². The molecule has 0 aromatic heterocycles. The number of carbonyl (C=O) groups is 2. The summed E-state index contributed by atoms with van der Waals surface area (Å²) < 4.78 is 0. The summed E-state index contributed by atoms with van der Waals surface area (Å²) in [4.78, 5) is 21.9. The summed E-state index contributed by atoms with van der Waals surface area (Å²) in [6.45, 7) is 1.68. The molecule has 1 unspecified atom stereocenters. The number of rotatable bonds is 5. The summed E-state index contributed by atoms with van der Waals surface area (Å²) in [5.41, 5.74) is 0.925. The van der Waals surface area contributed by atoms with E-state index in [-0.39, 0.29) is 12.5 Å². The molecule has 0 saturated carbocycles. The second-order valence-electron chi connectivity index (χ2n) is 3.73. The van der Waals surface area contributed by atoms with E-state index in [2.05, 4.69) is 5.32 Å². The SMILES string of the molecule is CC(CNC(=O)C=Cc1ccccc1)C(=O)O. The van der Waals surface area contributed by atoms with Crippen LogP contribution in [-0.4, -0.2) is 23.5 Å². The Morgan fingerprint density at radius 3 is 2.59 bits per heavy atom. The van der Waals surface area contributed by atoms with Crippen LogP contribution in [0, 0.1) is 5.92 Å². The maximum absolute atomic E-state index is 11.4. The largest absolute Gasteiger partial charge is 0.481 e. The first kappa shape index (κ1) is 13.0. The van der Waals surface area contributed by atoms with Gasteiger partial charge in [0.25, 0.3) is 0 Å². The monoisotopic (exact) mass is 233 g/mol. The highest BCUT2D eigenvalue weighted by molar-refractivity contribution is 5.91. The zero-order valence-corrected chi connectivity index (χ0v) is 9.59. The van der Waals surface area contributed by atoms with E-state index in [0.29, 0.717) is 0 Å². The van der Waals surface area contributed by atoms with Crippen molar-refractivity contribution in [2.24, 2.45) is 5.92 Å². The Hall–Kier alpha value is -2.10. The van der Waals surface area contributed by atoms with Crippen LogP contribution in [0.2, 0.25) is 0 Å². The Morgan fingerprint density at radius 1 is 1.35 bits per heavy atom. The van der Waals surface area contributed by atoms with Crippen LogP contribution < -0.4 is 5.32 Å². The molecule has 90 valence electrons. The fraction of sp³-hybridized carbons (Fsp3) is 0.231. The molecule has 0 saturated heterocycles. The first-order valence-electron chi connectivity index (χ1n) is 5.33. The Labute approximate surface area is 100.0 Å². The van der Waals surface area contributed by atoms with Crippen molar-refractivity contribution in [2.45, 2.75) is 6.92 Å². The van der Waals surface area contributed by atoms with Crippen molar-refractivity contribution in [3.63, 3.8) is 0 Å². The Morgan fingerprint density at radius 2 is 2.00 bits per heavy atom. The molecule has 0 spiro atoms. The van der Waals surface area contributed by atoms with Crippen LogP contribution in [0.5, 0.6) is 0 Å². The van der Waals surface area contributed by atoms with Crippen molar-refractivity contribution in [1.29, 1.82) is 0 Å². The summed E-state index contributed by atoms with van der Waals surface area (Å²) in [5.74, 6) is -1.79. The van der Waals surface area contributed by atoms with Gasteiger partial charge < -0.3 is 10.4 Å². The molecule has 0 aliphatic rings. The number of hydrogen-bond donors (Lipinski definition) is 2. The minimum atomic E-state index is -0.919. The topological polar surface area (TPSA) is 66.4 Å². The smallest absolute Gasteiger partial charge is 0.308 e. The van der Waals surface area contributed by atoms with Gasteiger partial charge in [0.1, 0.15) is 0 Å². The van der Waals surface area contributed by atoms with Crippen LogP contribution in [0.3, 0.4) is 0 Å². The summed E-state index contributed by atoms with van der Waals surface area (Å²) in [7, 11) is 0. The summed E-state index contributed by atoms with van der Waals surface area (Å²) >= 11 is 0. The van der Waals surface area contributed by atoms with E-state index in [4.69, 9.17) is 5.11 Å². The maximum atomic E-state index is 11.4. The van der Waals surface area contributed by atoms with Gasteiger partial charge in [-0.15, -0.1) is 0 Å². The number of amides is 1. The number of carboxylic acid groups (broad SMARTS) is 1. The average Bonchev–Trinajstić information content (AvgIpc) is 2.34. The highest BCUT2D eigenvalue weighted by Crippen LogP contribution is 2.00. The number of nitrogens with one attached hydrogen (secondary N) is 1. The molecule has 0 aliphatic heterocycles. The van der Waals surface area contributed by atoms with E-state index in [1.54, 1.807) is 13.0 Å². The number of hydrogen-bond acceptors (Lipinski definition) is 2. The fourth-order valence-electron chi connectivity index (χ4n) is 1.14. The second-order valence-corrected chi connectivity index (χ2v) is 3.73. The van der Waals surface area contributed by atoms with Crippen LogP contribution >= 0.6 is 0 Å². The first-order chi connectivity index (χ1) is 8.09. The van der Waals surface area contributed by atoms with Gasteiger partial charge >= 0.3 is 5.97 Å². The van der Waals surface area contributed by atoms with Crippen molar-refractivity contribution in [3.05, 3.63) is 42.0 Å². The molecule has 0 heterocycles. The maximum Gasteiger partial charge on any atom is 0.308 e. The highest BCUT2D eigenvalue weighted by Gasteiger charge is 2.10. The zero-order chi connectivity index (χ0) is 12.7. The normalized spacial score (nSPS) is 12.3. The molecule has 4 nitrogen and oxygen atoms in total. The third kappa shape index (κ3) is 4.97. The Kier molecular flexibility index (Phi) is 4.94. The minimum absolute atomic E-state index is 0.132. The third-order valence-electron chi connectivity index (χ3n) is 2.23. The van der Waals surface area contributed by atoms with E-state index in [0.717, 1.165) is 5.56 Å². The Bertz CT molecular complexity index is 412. The predicted octanol–water partition coefficient (Wildman–Crippen LogP) is 1.54. The van der Waals surface area contributed by atoms with Gasteiger partial charge in [0.15, 0.2) is 0 Å². The standard InChI is InChI=1S/C13H15NO3/c1-10(13(16)17)9-14-12(15)8-7-11-5-3-2-4-6-11/h2-8,10H,9H2,1H3,(H,14,15)(H,16,17). The minimum Gasteiger partial charge on any atom is -0.481 e. The van der Waals surface area contributed by atoms with Crippen LogP contribution in [0.15, 0.2) is 36.4 Å². The molecule has 1 amide bonds. The lowest BCUT2D eigenvalue weighted by atomic mass is 10.2. The van der Waals surface area contributed by atoms with Crippen LogP contribution in [0.1, 0.15) is 12.5 Å². The van der Waals surface area contributed by atoms with E-state index < -0.39 is 11.9 Å². The van der Waals surface area contributed by atoms with Crippen molar-refractivity contribution in [3.8, 4) is 0 Å². The molecule has 0 fully saturated rings. The lowest BCUT2D eigenvalue weighted by molar-refractivity contribution is -0.141. The van der Waals surface area contributed by atoms with Gasteiger partial charge in [0.05, 0.1) is 5.92 Å². The van der Waals surface area contributed by atoms with Gasteiger partial charge in [0.2, 0.25) is 5.91 Å². The Balaban J connectivity index is 2.40. The van der Waals surface area contributed by atoms with E-state index in [1.165, 1.54) is 6.08 Å². The molecule has 0 aliphatic carbocycles. The summed E-state index contributed by atoms with van der Waals surface area (Å²) in [6.07, 6.45) is 3.07. The lowest BCUT2D eigenvalue weighted by Crippen LogP contribution is -2.30. The molecule has 1 atom stereocenters. The van der Waals surface area contributed by atoms with Crippen LogP contribution in [0.25, 0.3) is 6.08 Å². The van der Waals surface area contributed by atoms with Gasteiger partial charge in [-0.1, -0.05) is 37.3 Å². The number of carbonyl (C=O) groups excluding carboxylic acids is 1. The molecule has 2 N–H and O–H groups in total. The number of aliphatic carboxylic acids is 1. The van der Waals surface area contributed by atoms with Gasteiger partial charge in [-0.3, -0.25) is 9.59 Å². The molecule has 1 aromatic carbocycles. The average molecular weight is 233 g/mol. The van der Waals surface area contributed by atoms with E-state index in [9.17, 15) is 9.59 Å². The van der Waals surface area contributed by atoms with Gasteiger partial charge in [-0.25, -0.2) is 0 Å². The number of benzene rings is 1. The van der Waals surface area contributed by atoms with Crippen molar-refractivity contribution < 1.29 is 14.7 Å². The summed E-state index contributed by atoms with van der Waals surface area (Å²) in [5, 5.41) is 11.2. The van der Waals surface area contributed by atoms with Crippen LogP contribution in [0.4, 0.5) is 0 Å². The van der Waals surface area contributed by atoms with Crippen molar-refractivity contribution in [2.75, 3.05) is 6.54 Å². The van der Waals surface area contributed by atoms with Gasteiger partial charge in [0, 0.05) is 12.6 Å². The van der Waals surface area contributed by atoms with Crippen molar-refractivity contribution in [1.82, 2.24) is 5.32 Å². The molecule has 0 radical (unpaired) electrons. The van der Waals surface area contributed by atoms with Gasteiger partial charge in [-0.05, 0) is 11.6 Å². The molecule has 17 heavy (non-hydrogen) atoms. The van der Waals surface area contributed by atoms with Crippen molar-refractivity contribution >= 4 is 18.0 Å². The third-order valence-corrected chi connectivity index (χ3v) is 2.23. The quantitative estimate of drug-likeness (QED) is 0.758. The second kappa shape index (κ2) is 6.48. The zero-order valence-electron chi connectivity index (χ0n) is 9.59. The first-order valence-corrected chi connectivity index (χ1v) is 5.33. The molecule has 0 bridgehead atoms. The molecule has 4 heteroatoms. The fourth-order valence-corrected chi connectivity index (χ4v) is 1.14. The van der Waals surface area contributed by atoms with E-state index >= 15 is 0 Å². The predicted molar refractivity (Wildman–Crippen MR) is 65.3 cm³/mol. The highest BCUT2D eigenvalue weighted by atomic mass is 16.4. The van der Waals surface area contributed by atoms with E-state index in [1.807, 2.05) is 30.3 Å². The molecule has 1 aromatic rings. The number of carboxylic acids is 1. The molecular formula is C13H15NO3. The molecular weight excluding hydrogens is 218 g/mol. The van der Waals surface area contributed by atoms with Gasteiger partial charge in [-0.2, -0.15) is 0 Å². The lowest BCUT2D eigenvalue weighted by Gasteiger charge is -2.05.